The van der Waals surface area contributed by atoms with Crippen LogP contribution in [0.3, 0.4) is 0 Å². The maximum Gasteiger partial charge on any atom is 0.444 e. The van der Waals surface area contributed by atoms with Crippen molar-refractivity contribution in [2.24, 2.45) is 5.73 Å². The fourth-order valence-corrected chi connectivity index (χ4v) is 4.60. The highest BCUT2D eigenvalue weighted by Gasteiger charge is 2.52. The van der Waals surface area contributed by atoms with Gasteiger partial charge in [-0.05, 0) is 6.92 Å². The Hall–Kier alpha value is -2.55. The number of imide groups is 3. The molecule has 4 atom stereocenters. The highest BCUT2D eigenvalue weighted by Crippen LogP contribution is 2.24. The highest BCUT2D eigenvalue weighted by atomic mass is 32.2. The molecule has 1 aromatic heterocycles. The van der Waals surface area contributed by atoms with Crippen molar-refractivity contribution in [2.45, 2.75) is 44.5 Å². The first-order chi connectivity index (χ1) is 14.7. The number of thiazole rings is 1. The number of nitrogens with one attached hydrogen (secondary N) is 1. The number of ether oxygens (including phenoxy) is 1. The number of hydroxylamine groups is 2. The average Bonchev–Trinajstić information content (AvgIpc) is 3.44. The summed E-state index contributed by atoms with van der Waals surface area (Å²) in [6, 6.07) is -3.55. The summed E-state index contributed by atoms with van der Waals surface area (Å²) in [5.41, 5.74) is 8.11. The molecule has 0 bridgehead atoms. The maximum atomic E-state index is 13.4. The van der Waals surface area contributed by atoms with Crippen LogP contribution in [-0.2, 0) is 35.2 Å². The van der Waals surface area contributed by atoms with Crippen molar-refractivity contribution in [3.63, 3.8) is 0 Å². The van der Waals surface area contributed by atoms with Gasteiger partial charge in [0, 0.05) is 30.4 Å². The number of thioether (sulfide) groups is 1. The maximum absolute atomic E-state index is 13.4. The van der Waals surface area contributed by atoms with Gasteiger partial charge in [-0.3, -0.25) is 24.5 Å². The van der Waals surface area contributed by atoms with Gasteiger partial charge in [-0.2, -0.15) is 0 Å². The SMILES string of the molecule is CC(=O)ON1C(=O)O[C@@H](C)[C@H]1C(=O)N(C(=O)C1CSCN1)C(=O)[C@@H](N)Cc1cscn1. The first-order valence-corrected chi connectivity index (χ1v) is 11.3. The zero-order chi connectivity index (χ0) is 22.7. The predicted octanol–water partition coefficient (Wildman–Crippen LogP) is -0.755. The van der Waals surface area contributed by atoms with Crippen LogP contribution in [0.25, 0.3) is 0 Å². The molecule has 1 unspecified atom stereocenters. The standard InChI is InChI=1S/C17H21N5O7S2/c1-8-13(22(17(27)28-8)29-9(2)23)16(26)21(15(25)12-5-31-7-20-12)14(24)11(18)3-10-4-30-6-19-10/h4,6,8,11-13,20H,3,5,7,18H2,1-2H3/t8-,11-,12?,13-/m0/s1. The fraction of sp³-hybridized carbons (Fsp3) is 0.529. The number of rotatable bonds is 6. The van der Waals surface area contributed by atoms with Crippen LogP contribution >= 0.6 is 23.1 Å². The second kappa shape index (κ2) is 9.72. The zero-order valence-electron chi connectivity index (χ0n) is 16.7. The molecule has 14 heteroatoms. The van der Waals surface area contributed by atoms with E-state index in [-0.39, 0.29) is 6.42 Å². The van der Waals surface area contributed by atoms with Gasteiger partial charge >= 0.3 is 12.1 Å². The second-order valence-electron chi connectivity index (χ2n) is 6.85. The topological polar surface area (TPSA) is 161 Å². The van der Waals surface area contributed by atoms with E-state index in [2.05, 4.69) is 10.3 Å². The Kier molecular flexibility index (Phi) is 7.25. The Balaban J connectivity index is 1.89. The minimum atomic E-state index is -1.52. The van der Waals surface area contributed by atoms with Crippen LogP contribution in [0.4, 0.5) is 4.79 Å². The lowest BCUT2D eigenvalue weighted by molar-refractivity contribution is -0.183. The van der Waals surface area contributed by atoms with Gasteiger partial charge in [0.15, 0.2) is 6.04 Å². The number of carbonyl (C=O) groups is 5. The van der Waals surface area contributed by atoms with Gasteiger partial charge in [0.25, 0.3) is 17.7 Å². The average molecular weight is 472 g/mol. The van der Waals surface area contributed by atoms with Crippen molar-refractivity contribution in [2.75, 3.05) is 11.6 Å². The third-order valence-electron chi connectivity index (χ3n) is 4.55. The van der Waals surface area contributed by atoms with Crippen LogP contribution < -0.4 is 11.1 Å². The minimum Gasteiger partial charge on any atom is -0.441 e. The molecule has 0 saturated carbocycles. The monoisotopic (exact) mass is 471 g/mol. The smallest absolute Gasteiger partial charge is 0.441 e. The minimum absolute atomic E-state index is 0.00947. The number of cyclic esters (lactones) is 1. The Labute approximate surface area is 185 Å². The van der Waals surface area contributed by atoms with E-state index in [1.807, 2.05) is 0 Å². The van der Waals surface area contributed by atoms with E-state index < -0.39 is 54.0 Å². The lowest BCUT2D eigenvalue weighted by Crippen LogP contribution is -2.60. The van der Waals surface area contributed by atoms with Gasteiger partial charge in [-0.25, -0.2) is 14.7 Å². The first-order valence-electron chi connectivity index (χ1n) is 9.24. The number of nitrogens with two attached hydrogens (primary N) is 1. The summed E-state index contributed by atoms with van der Waals surface area (Å²) in [5.74, 6) is -2.87. The van der Waals surface area contributed by atoms with Gasteiger partial charge in [-0.15, -0.1) is 28.2 Å². The Morgan fingerprint density at radius 1 is 1.42 bits per heavy atom. The molecule has 12 nitrogen and oxygen atoms in total. The van der Waals surface area contributed by atoms with E-state index in [0.717, 1.165) is 6.92 Å². The molecule has 168 valence electrons. The molecule has 31 heavy (non-hydrogen) atoms. The molecule has 0 aromatic carbocycles. The molecule has 3 N–H and O–H groups in total. The summed E-state index contributed by atoms with van der Waals surface area (Å²) in [5, 5.41) is 5.04. The van der Waals surface area contributed by atoms with Gasteiger partial charge in [0.1, 0.15) is 6.10 Å². The molecule has 0 spiro atoms. The van der Waals surface area contributed by atoms with Crippen molar-refractivity contribution < 1.29 is 33.5 Å². The zero-order valence-corrected chi connectivity index (χ0v) is 18.3. The van der Waals surface area contributed by atoms with Crippen LogP contribution in [0.2, 0.25) is 0 Å². The van der Waals surface area contributed by atoms with Gasteiger partial charge < -0.3 is 15.3 Å². The molecule has 0 radical (unpaired) electrons. The number of aromatic nitrogens is 1. The summed E-state index contributed by atoms with van der Waals surface area (Å²) in [7, 11) is 0. The van der Waals surface area contributed by atoms with Crippen molar-refractivity contribution in [1.29, 1.82) is 0 Å². The number of nitrogens with zero attached hydrogens (tertiary/aromatic N) is 3. The van der Waals surface area contributed by atoms with Gasteiger partial charge in [-0.1, -0.05) is 0 Å². The van der Waals surface area contributed by atoms with E-state index in [9.17, 15) is 24.0 Å². The van der Waals surface area contributed by atoms with E-state index in [4.69, 9.17) is 15.3 Å². The van der Waals surface area contributed by atoms with Crippen LogP contribution in [0, 0.1) is 0 Å². The number of hydrogen-bond donors (Lipinski definition) is 2. The van der Waals surface area contributed by atoms with Crippen molar-refractivity contribution >= 4 is 52.9 Å². The lowest BCUT2D eigenvalue weighted by atomic mass is 10.1. The first kappa shape index (κ1) is 23.1. The van der Waals surface area contributed by atoms with Gasteiger partial charge in [0.2, 0.25) is 0 Å². The van der Waals surface area contributed by atoms with Crippen LogP contribution in [0.15, 0.2) is 10.9 Å². The molecule has 3 heterocycles. The molecule has 2 aliphatic rings. The molecule has 2 saturated heterocycles. The predicted molar refractivity (Wildman–Crippen MR) is 108 cm³/mol. The number of hydrogen-bond acceptors (Lipinski definition) is 12. The largest absolute Gasteiger partial charge is 0.444 e. The van der Waals surface area contributed by atoms with Crippen LogP contribution in [0.1, 0.15) is 19.5 Å². The summed E-state index contributed by atoms with van der Waals surface area (Å²) >= 11 is 2.74. The Bertz CT molecular complexity index is 874. The molecular weight excluding hydrogens is 450 g/mol. The van der Waals surface area contributed by atoms with Crippen molar-refractivity contribution in [3.8, 4) is 0 Å². The second-order valence-corrected chi connectivity index (χ2v) is 8.60. The fourth-order valence-electron chi connectivity index (χ4n) is 3.10. The third-order valence-corrected chi connectivity index (χ3v) is 6.12. The third kappa shape index (κ3) is 5.03. The van der Waals surface area contributed by atoms with Crippen LogP contribution in [-0.4, -0.2) is 80.6 Å². The summed E-state index contributed by atoms with van der Waals surface area (Å²) in [6.07, 6.45) is -2.15. The Morgan fingerprint density at radius 3 is 2.74 bits per heavy atom. The van der Waals surface area contributed by atoms with Gasteiger partial charge in [0.05, 0.1) is 23.3 Å². The number of carbonyl (C=O) groups excluding carboxylic acids is 5. The summed E-state index contributed by atoms with van der Waals surface area (Å²) in [4.78, 5) is 72.3. The van der Waals surface area contributed by atoms with Crippen molar-refractivity contribution in [3.05, 3.63) is 16.6 Å². The number of amides is 4. The normalized spacial score (nSPS) is 23.9. The lowest BCUT2D eigenvalue weighted by Gasteiger charge is -2.29. The molecule has 1 aromatic rings. The molecule has 0 aliphatic carbocycles. The van der Waals surface area contributed by atoms with E-state index in [0.29, 0.717) is 27.3 Å². The quantitative estimate of drug-likeness (QED) is 0.502. The van der Waals surface area contributed by atoms with E-state index in [1.165, 1.54) is 30.0 Å². The molecule has 3 rings (SSSR count). The molecule has 2 aliphatic heterocycles. The van der Waals surface area contributed by atoms with E-state index >= 15 is 0 Å². The highest BCUT2D eigenvalue weighted by molar-refractivity contribution is 7.99. The summed E-state index contributed by atoms with van der Waals surface area (Å²) < 4.78 is 4.97. The van der Waals surface area contributed by atoms with Crippen LogP contribution in [0.5, 0.6) is 0 Å². The molecule has 2 fully saturated rings. The summed E-state index contributed by atoms with van der Waals surface area (Å²) in [6.45, 7) is 2.42. The molecule has 4 amide bonds. The van der Waals surface area contributed by atoms with Crippen molar-refractivity contribution in [1.82, 2.24) is 20.3 Å². The van der Waals surface area contributed by atoms with E-state index in [1.54, 1.807) is 10.9 Å². The Morgan fingerprint density at radius 2 is 2.16 bits per heavy atom. The molecular formula is C17H21N5O7S2.